The third-order valence-corrected chi connectivity index (χ3v) is 2.26. The highest BCUT2D eigenvalue weighted by Gasteiger charge is 2.16. The second-order valence-electron chi connectivity index (χ2n) is 2.27. The van der Waals surface area contributed by atoms with Crippen molar-refractivity contribution in [2.75, 3.05) is 20.3 Å². The number of aliphatic hydroxyl groups excluding tert-OH is 1. The molecule has 6 heteroatoms. The average Bonchev–Trinajstić information content (AvgIpc) is 2.04. The van der Waals surface area contributed by atoms with Gasteiger partial charge in [0.1, 0.15) is 0 Å². The van der Waals surface area contributed by atoms with E-state index >= 15 is 0 Å². The fraction of sp³-hybridized carbons (Fsp3) is 1.00. The SMILES string of the molecule is COP(=O)(O)OCCCCCO. The van der Waals surface area contributed by atoms with Gasteiger partial charge < -0.3 is 10.00 Å². The van der Waals surface area contributed by atoms with Crippen molar-refractivity contribution in [3.63, 3.8) is 0 Å². The monoisotopic (exact) mass is 198 g/mol. The molecule has 0 saturated carbocycles. The van der Waals surface area contributed by atoms with E-state index in [0.29, 0.717) is 12.8 Å². The molecule has 0 saturated heterocycles. The molecule has 1 unspecified atom stereocenters. The lowest BCUT2D eigenvalue weighted by atomic mass is 10.2. The van der Waals surface area contributed by atoms with E-state index in [0.717, 1.165) is 13.5 Å². The van der Waals surface area contributed by atoms with Crippen molar-refractivity contribution < 1.29 is 23.6 Å². The van der Waals surface area contributed by atoms with Gasteiger partial charge in [0.05, 0.1) is 6.61 Å². The van der Waals surface area contributed by atoms with Crippen LogP contribution in [0.3, 0.4) is 0 Å². The van der Waals surface area contributed by atoms with Crippen molar-refractivity contribution in [2.24, 2.45) is 0 Å². The molecule has 0 radical (unpaired) electrons. The van der Waals surface area contributed by atoms with E-state index in [9.17, 15) is 4.57 Å². The van der Waals surface area contributed by atoms with E-state index in [2.05, 4.69) is 9.05 Å². The Morgan fingerprint density at radius 2 is 2.00 bits per heavy atom. The first kappa shape index (κ1) is 12.1. The lowest BCUT2D eigenvalue weighted by molar-refractivity contribution is 0.169. The Morgan fingerprint density at radius 1 is 1.33 bits per heavy atom. The predicted molar refractivity (Wildman–Crippen MR) is 43.7 cm³/mol. The molecule has 0 amide bonds. The van der Waals surface area contributed by atoms with Crippen LogP contribution in [0.25, 0.3) is 0 Å². The Labute approximate surface area is 71.9 Å². The summed E-state index contributed by atoms with van der Waals surface area (Å²) in [5, 5.41) is 8.40. The van der Waals surface area contributed by atoms with Gasteiger partial charge in [-0.05, 0) is 19.3 Å². The molecule has 5 nitrogen and oxygen atoms in total. The van der Waals surface area contributed by atoms with Gasteiger partial charge in [0.15, 0.2) is 0 Å². The third kappa shape index (κ3) is 6.76. The summed E-state index contributed by atoms with van der Waals surface area (Å²) in [6.45, 7) is 0.322. The number of aliphatic hydroxyl groups is 1. The first-order chi connectivity index (χ1) is 5.62. The zero-order valence-corrected chi connectivity index (χ0v) is 8.00. The molecule has 12 heavy (non-hydrogen) atoms. The molecule has 74 valence electrons. The second-order valence-corrected chi connectivity index (χ2v) is 3.83. The van der Waals surface area contributed by atoms with Crippen molar-refractivity contribution in [3.05, 3.63) is 0 Å². The number of hydrogen-bond acceptors (Lipinski definition) is 4. The lowest BCUT2D eigenvalue weighted by Gasteiger charge is -2.07. The van der Waals surface area contributed by atoms with Gasteiger partial charge in [-0.25, -0.2) is 4.57 Å². The fourth-order valence-electron chi connectivity index (χ4n) is 0.623. The Bertz CT molecular complexity index is 149. The lowest BCUT2D eigenvalue weighted by Crippen LogP contribution is -1.95. The average molecular weight is 198 g/mol. The van der Waals surface area contributed by atoms with Gasteiger partial charge >= 0.3 is 7.82 Å². The molecule has 0 bridgehead atoms. The predicted octanol–water partition coefficient (Wildman–Crippen LogP) is 0.912. The van der Waals surface area contributed by atoms with Crippen molar-refractivity contribution in [1.29, 1.82) is 0 Å². The van der Waals surface area contributed by atoms with Gasteiger partial charge in [0.25, 0.3) is 0 Å². The molecule has 2 N–H and O–H groups in total. The fourth-order valence-corrected chi connectivity index (χ4v) is 1.09. The van der Waals surface area contributed by atoms with Crippen molar-refractivity contribution >= 4 is 7.82 Å². The number of phosphoric ester groups is 1. The van der Waals surface area contributed by atoms with Gasteiger partial charge in [-0.3, -0.25) is 9.05 Å². The molecular weight excluding hydrogens is 183 g/mol. The van der Waals surface area contributed by atoms with Crippen LogP contribution in [0.15, 0.2) is 0 Å². The van der Waals surface area contributed by atoms with Crippen LogP contribution < -0.4 is 0 Å². The highest BCUT2D eigenvalue weighted by molar-refractivity contribution is 7.47. The van der Waals surface area contributed by atoms with Gasteiger partial charge in [-0.2, -0.15) is 0 Å². The van der Waals surface area contributed by atoms with Gasteiger partial charge in [0, 0.05) is 13.7 Å². The second kappa shape index (κ2) is 6.57. The van der Waals surface area contributed by atoms with E-state index in [1.165, 1.54) is 0 Å². The molecule has 0 aliphatic carbocycles. The third-order valence-electron chi connectivity index (χ3n) is 1.29. The van der Waals surface area contributed by atoms with Crippen LogP contribution in [-0.2, 0) is 13.6 Å². The smallest absolute Gasteiger partial charge is 0.396 e. The first-order valence-electron chi connectivity index (χ1n) is 3.76. The number of unbranched alkanes of at least 4 members (excludes halogenated alkanes) is 2. The molecule has 0 spiro atoms. The van der Waals surface area contributed by atoms with Crippen molar-refractivity contribution in [3.8, 4) is 0 Å². The largest absolute Gasteiger partial charge is 0.471 e. The van der Waals surface area contributed by atoms with E-state index in [-0.39, 0.29) is 13.2 Å². The summed E-state index contributed by atoms with van der Waals surface area (Å²) < 4.78 is 19.4. The molecule has 0 aromatic heterocycles. The van der Waals surface area contributed by atoms with Gasteiger partial charge in [-0.1, -0.05) is 0 Å². The summed E-state index contributed by atoms with van der Waals surface area (Å²) in [4.78, 5) is 8.74. The minimum absolute atomic E-state index is 0.140. The first-order valence-corrected chi connectivity index (χ1v) is 5.26. The Hall–Kier alpha value is 0.0700. The standard InChI is InChI=1S/C6H15O5P/c1-10-12(8,9)11-6-4-2-3-5-7/h7H,2-6H2,1H3,(H,8,9). The summed E-state index contributed by atoms with van der Waals surface area (Å²) in [6, 6.07) is 0. The summed E-state index contributed by atoms with van der Waals surface area (Å²) in [6.07, 6.45) is 2.11. The summed E-state index contributed by atoms with van der Waals surface area (Å²) in [5.41, 5.74) is 0. The van der Waals surface area contributed by atoms with E-state index in [1.807, 2.05) is 0 Å². The molecule has 0 aliphatic rings. The molecule has 0 aromatic rings. The summed E-state index contributed by atoms with van der Waals surface area (Å²) >= 11 is 0. The number of rotatable bonds is 7. The molecule has 0 aromatic carbocycles. The van der Waals surface area contributed by atoms with Crippen LogP contribution in [0, 0.1) is 0 Å². The molecule has 0 fully saturated rings. The van der Waals surface area contributed by atoms with E-state index < -0.39 is 7.82 Å². The Balaban J connectivity index is 3.25. The molecule has 0 heterocycles. The minimum Gasteiger partial charge on any atom is -0.396 e. The van der Waals surface area contributed by atoms with Crippen LogP contribution in [-0.4, -0.2) is 30.3 Å². The van der Waals surface area contributed by atoms with Gasteiger partial charge in [-0.15, -0.1) is 0 Å². The van der Waals surface area contributed by atoms with E-state index in [1.54, 1.807) is 0 Å². The topological polar surface area (TPSA) is 76.0 Å². The highest BCUT2D eigenvalue weighted by Crippen LogP contribution is 2.41. The summed E-state index contributed by atoms with van der Waals surface area (Å²) in [5.74, 6) is 0. The maximum atomic E-state index is 10.7. The molecule has 0 aliphatic heterocycles. The maximum Gasteiger partial charge on any atom is 0.471 e. The van der Waals surface area contributed by atoms with Crippen LogP contribution in [0.5, 0.6) is 0 Å². The van der Waals surface area contributed by atoms with Gasteiger partial charge in [0.2, 0.25) is 0 Å². The van der Waals surface area contributed by atoms with Crippen molar-refractivity contribution in [1.82, 2.24) is 0 Å². The zero-order chi connectivity index (χ0) is 9.45. The highest BCUT2D eigenvalue weighted by atomic mass is 31.2. The Kier molecular flexibility index (Phi) is 6.61. The van der Waals surface area contributed by atoms with Crippen LogP contribution in [0.2, 0.25) is 0 Å². The number of hydrogen-bond donors (Lipinski definition) is 2. The van der Waals surface area contributed by atoms with Crippen LogP contribution in [0.1, 0.15) is 19.3 Å². The quantitative estimate of drug-likeness (QED) is 0.469. The molecular formula is C6H15O5P. The molecule has 1 atom stereocenters. The zero-order valence-electron chi connectivity index (χ0n) is 7.10. The van der Waals surface area contributed by atoms with Crippen molar-refractivity contribution in [2.45, 2.75) is 19.3 Å². The molecule has 0 rings (SSSR count). The van der Waals surface area contributed by atoms with Crippen LogP contribution in [0.4, 0.5) is 0 Å². The normalized spacial score (nSPS) is 15.9. The minimum atomic E-state index is -3.78. The maximum absolute atomic E-state index is 10.7. The van der Waals surface area contributed by atoms with E-state index in [4.69, 9.17) is 10.00 Å². The Morgan fingerprint density at radius 3 is 2.50 bits per heavy atom. The number of phosphoric acid groups is 1. The van der Waals surface area contributed by atoms with Crippen LogP contribution >= 0.6 is 7.82 Å². The summed E-state index contributed by atoms with van der Waals surface area (Å²) in [7, 11) is -2.67.